The van der Waals surface area contributed by atoms with Gasteiger partial charge in [-0.05, 0) is 50.1 Å². The number of aromatic nitrogens is 3. The summed E-state index contributed by atoms with van der Waals surface area (Å²) in [6.07, 6.45) is 1.43. The van der Waals surface area contributed by atoms with E-state index in [1.807, 2.05) is 30.3 Å². The number of hydrogen-bond donors (Lipinski definition) is 3. The number of nitrogens with zero attached hydrogens (tertiary/aromatic N) is 3. The second kappa shape index (κ2) is 6.88. The molecule has 2 aromatic carbocycles. The monoisotopic (exact) mass is 468 g/mol. The molecule has 3 aromatic rings. The maximum atomic E-state index is 10.1. The fourth-order valence-electron chi connectivity index (χ4n) is 2.01. The second-order valence-corrected chi connectivity index (χ2v) is 6.77. The highest BCUT2D eigenvalue weighted by Crippen LogP contribution is 2.40. The smallest absolute Gasteiger partial charge is 0.216 e. The molecule has 0 atom stereocenters. The number of phenolic OH excluding ortho intramolecular Hbond substituents is 2. The van der Waals surface area contributed by atoms with Crippen molar-refractivity contribution in [1.82, 2.24) is 14.9 Å². The second-order valence-electron chi connectivity index (χ2n) is 4.73. The van der Waals surface area contributed by atoms with E-state index in [1.54, 1.807) is 6.07 Å². The van der Waals surface area contributed by atoms with Crippen LogP contribution in [0.15, 0.2) is 50.4 Å². The van der Waals surface area contributed by atoms with Crippen LogP contribution >= 0.6 is 44.1 Å². The quantitative estimate of drug-likeness (QED) is 0.391. The van der Waals surface area contributed by atoms with Crippen LogP contribution in [0.4, 0.5) is 0 Å². The zero-order valence-electron chi connectivity index (χ0n) is 11.9. The first kappa shape index (κ1) is 16.9. The summed E-state index contributed by atoms with van der Waals surface area (Å²) in [5, 5.41) is 31.1. The van der Waals surface area contributed by atoms with Crippen molar-refractivity contribution in [2.24, 2.45) is 5.10 Å². The summed E-state index contributed by atoms with van der Waals surface area (Å²) < 4.78 is 2.38. The molecule has 0 aliphatic heterocycles. The van der Waals surface area contributed by atoms with Gasteiger partial charge in [0.05, 0.1) is 10.7 Å². The van der Waals surface area contributed by atoms with Crippen LogP contribution in [0.3, 0.4) is 0 Å². The minimum absolute atomic E-state index is 0.0884. The van der Waals surface area contributed by atoms with Crippen molar-refractivity contribution in [2.45, 2.75) is 0 Å². The Morgan fingerprint density at radius 3 is 2.58 bits per heavy atom. The molecule has 6 nitrogen and oxygen atoms in total. The molecule has 3 N–H and O–H groups in total. The molecule has 3 rings (SSSR count). The lowest BCUT2D eigenvalue weighted by Crippen LogP contribution is -1.95. The van der Waals surface area contributed by atoms with Gasteiger partial charge in [0.2, 0.25) is 4.77 Å². The van der Waals surface area contributed by atoms with Crippen LogP contribution < -0.4 is 0 Å². The van der Waals surface area contributed by atoms with Crippen LogP contribution in [0.25, 0.3) is 11.4 Å². The summed E-state index contributed by atoms with van der Waals surface area (Å²) in [6, 6.07) is 11.0. The standard InChI is InChI=1S/C15H10Br2N4O2S/c16-10-6-9(12(22)11(17)13(10)23)7-18-21-14(19-20-15(21)24)8-4-2-1-3-5-8/h1-7,22-23H,(H,20,24)/b18-7-. The van der Waals surface area contributed by atoms with Gasteiger partial charge in [0.1, 0.15) is 16.0 Å². The molecule has 0 aliphatic rings. The van der Waals surface area contributed by atoms with E-state index < -0.39 is 0 Å². The van der Waals surface area contributed by atoms with Crippen LogP contribution in [0.1, 0.15) is 5.56 Å². The van der Waals surface area contributed by atoms with Gasteiger partial charge in [-0.15, -0.1) is 0 Å². The first-order chi connectivity index (χ1) is 11.5. The lowest BCUT2D eigenvalue weighted by Gasteiger charge is -2.06. The molecule has 9 heteroatoms. The number of halogens is 2. The van der Waals surface area contributed by atoms with Crippen LogP contribution in [-0.2, 0) is 0 Å². The highest BCUT2D eigenvalue weighted by atomic mass is 79.9. The number of aromatic hydroxyl groups is 2. The van der Waals surface area contributed by atoms with E-state index in [0.717, 1.165) is 5.56 Å². The summed E-state index contributed by atoms with van der Waals surface area (Å²) in [6.45, 7) is 0. The van der Waals surface area contributed by atoms with Gasteiger partial charge in [0, 0.05) is 11.1 Å². The van der Waals surface area contributed by atoms with E-state index in [0.29, 0.717) is 20.6 Å². The number of benzene rings is 2. The number of aromatic amines is 1. The zero-order valence-corrected chi connectivity index (χ0v) is 15.9. The first-order valence-electron chi connectivity index (χ1n) is 6.66. The Morgan fingerprint density at radius 2 is 1.88 bits per heavy atom. The van der Waals surface area contributed by atoms with E-state index in [9.17, 15) is 10.2 Å². The molecule has 122 valence electrons. The topological polar surface area (TPSA) is 86.4 Å². The number of rotatable bonds is 3. The van der Waals surface area contributed by atoms with E-state index >= 15 is 0 Å². The molecular formula is C15H10Br2N4O2S. The van der Waals surface area contributed by atoms with Crippen molar-refractivity contribution in [3.8, 4) is 22.9 Å². The molecule has 24 heavy (non-hydrogen) atoms. The number of nitrogens with one attached hydrogen (secondary N) is 1. The van der Waals surface area contributed by atoms with Gasteiger partial charge in [-0.25, -0.2) is 5.10 Å². The van der Waals surface area contributed by atoms with Gasteiger partial charge in [0.25, 0.3) is 0 Å². The maximum absolute atomic E-state index is 10.1. The van der Waals surface area contributed by atoms with E-state index in [-0.39, 0.29) is 16.0 Å². The number of hydrogen-bond acceptors (Lipinski definition) is 5. The van der Waals surface area contributed by atoms with Gasteiger partial charge in [-0.2, -0.15) is 14.9 Å². The van der Waals surface area contributed by atoms with Gasteiger partial charge in [-0.3, -0.25) is 0 Å². The highest BCUT2D eigenvalue weighted by molar-refractivity contribution is 9.11. The average molecular weight is 470 g/mol. The van der Waals surface area contributed by atoms with Crippen molar-refractivity contribution >= 4 is 50.3 Å². The third-order valence-corrected chi connectivity index (χ3v) is 4.81. The number of phenols is 2. The van der Waals surface area contributed by atoms with Crippen molar-refractivity contribution in [2.75, 3.05) is 0 Å². The maximum Gasteiger partial charge on any atom is 0.216 e. The summed E-state index contributed by atoms with van der Waals surface area (Å²) in [5.74, 6) is 0.332. The molecule has 0 amide bonds. The Hall–Kier alpha value is -1.97. The van der Waals surface area contributed by atoms with Gasteiger partial charge in [0.15, 0.2) is 5.82 Å². The Balaban J connectivity index is 2.06. The van der Waals surface area contributed by atoms with E-state index in [1.165, 1.54) is 10.9 Å². The molecule has 1 aromatic heterocycles. The third-order valence-electron chi connectivity index (χ3n) is 3.19. The molecule has 0 spiro atoms. The Morgan fingerprint density at radius 1 is 1.17 bits per heavy atom. The summed E-state index contributed by atoms with van der Waals surface area (Å²) in [4.78, 5) is 0. The van der Waals surface area contributed by atoms with Crippen molar-refractivity contribution in [3.63, 3.8) is 0 Å². The molecular weight excluding hydrogens is 460 g/mol. The van der Waals surface area contributed by atoms with E-state index in [4.69, 9.17) is 12.2 Å². The fraction of sp³-hybridized carbons (Fsp3) is 0. The number of H-pyrrole nitrogens is 1. The van der Waals surface area contributed by atoms with Crippen LogP contribution in [-0.4, -0.2) is 31.3 Å². The van der Waals surface area contributed by atoms with Crippen molar-refractivity contribution in [1.29, 1.82) is 0 Å². The largest absolute Gasteiger partial charge is 0.506 e. The SMILES string of the molecule is Oc1c(Br)cc(/C=N\n2c(-c3ccccc3)n[nH]c2=S)c(O)c1Br. The van der Waals surface area contributed by atoms with Crippen LogP contribution in [0.5, 0.6) is 11.5 Å². The molecule has 0 aliphatic carbocycles. The highest BCUT2D eigenvalue weighted by Gasteiger charge is 2.13. The predicted molar refractivity (Wildman–Crippen MR) is 101 cm³/mol. The zero-order chi connectivity index (χ0) is 17.3. The third kappa shape index (κ3) is 3.14. The molecule has 0 radical (unpaired) electrons. The molecule has 0 fully saturated rings. The van der Waals surface area contributed by atoms with Crippen LogP contribution in [0.2, 0.25) is 0 Å². The Labute approximate surface area is 158 Å². The summed E-state index contributed by atoms with van der Waals surface area (Å²) in [5.41, 5.74) is 1.24. The predicted octanol–water partition coefficient (Wildman–Crippen LogP) is 4.43. The minimum Gasteiger partial charge on any atom is -0.506 e. The van der Waals surface area contributed by atoms with Gasteiger partial charge >= 0.3 is 0 Å². The van der Waals surface area contributed by atoms with E-state index in [2.05, 4.69) is 47.2 Å². The molecule has 0 unspecified atom stereocenters. The minimum atomic E-state index is -0.129. The summed E-state index contributed by atoms with van der Waals surface area (Å²) in [7, 11) is 0. The lowest BCUT2D eigenvalue weighted by atomic mass is 10.2. The van der Waals surface area contributed by atoms with Crippen molar-refractivity contribution in [3.05, 3.63) is 55.7 Å². The van der Waals surface area contributed by atoms with Gasteiger partial charge < -0.3 is 10.2 Å². The average Bonchev–Trinajstić information content (AvgIpc) is 2.96. The van der Waals surface area contributed by atoms with Crippen molar-refractivity contribution < 1.29 is 10.2 Å². The van der Waals surface area contributed by atoms with Gasteiger partial charge in [-0.1, -0.05) is 30.3 Å². The molecule has 0 saturated carbocycles. The Bertz CT molecular complexity index is 983. The normalized spacial score (nSPS) is 11.2. The summed E-state index contributed by atoms with van der Waals surface area (Å²) >= 11 is 11.5. The van der Waals surface area contributed by atoms with Crippen LogP contribution in [0, 0.1) is 4.77 Å². The Kier molecular flexibility index (Phi) is 4.83. The lowest BCUT2D eigenvalue weighted by molar-refractivity contribution is 0.441. The fourth-order valence-corrected chi connectivity index (χ4v) is 3.34. The first-order valence-corrected chi connectivity index (χ1v) is 8.65. The molecule has 0 saturated heterocycles. The molecule has 0 bridgehead atoms. The molecule has 1 heterocycles.